The van der Waals surface area contributed by atoms with E-state index in [0.717, 1.165) is 21.7 Å². The highest BCUT2D eigenvalue weighted by Gasteiger charge is 2.30. The largest absolute Gasteiger partial charge is 0.355 e. The van der Waals surface area contributed by atoms with Crippen LogP contribution < -0.4 is 9.62 Å². The normalized spacial score (nSPS) is 12.2. The fourth-order valence-corrected chi connectivity index (χ4v) is 4.49. The highest BCUT2D eigenvalue weighted by Crippen LogP contribution is 2.33. The zero-order chi connectivity index (χ0) is 24.1. The summed E-state index contributed by atoms with van der Waals surface area (Å²) < 4.78 is 26.0. The fourth-order valence-electron chi connectivity index (χ4n) is 3.19. The van der Waals surface area contributed by atoms with E-state index < -0.39 is 28.5 Å². The number of likely N-dealkylation sites (N-methyl/N-ethyl adjacent to an activating group) is 1. The van der Waals surface area contributed by atoms with E-state index in [1.54, 1.807) is 19.9 Å². The van der Waals surface area contributed by atoms with E-state index in [1.165, 1.54) is 17.0 Å². The maximum atomic E-state index is 13.4. The summed E-state index contributed by atoms with van der Waals surface area (Å²) in [5.41, 5.74) is 1.92. The maximum absolute atomic E-state index is 13.4. The van der Waals surface area contributed by atoms with Crippen molar-refractivity contribution in [1.29, 1.82) is 0 Å². The van der Waals surface area contributed by atoms with Crippen molar-refractivity contribution in [1.82, 2.24) is 10.2 Å². The lowest BCUT2D eigenvalue weighted by atomic mass is 10.1. The third-order valence-corrected chi connectivity index (χ3v) is 6.77. The predicted molar refractivity (Wildman–Crippen MR) is 129 cm³/mol. The fraction of sp³-hybridized carbons (Fsp3) is 0.364. The van der Waals surface area contributed by atoms with Crippen LogP contribution in [0.4, 0.5) is 5.69 Å². The first kappa shape index (κ1) is 26.0. The van der Waals surface area contributed by atoms with Gasteiger partial charge in [-0.25, -0.2) is 8.42 Å². The highest BCUT2D eigenvalue weighted by molar-refractivity contribution is 7.92. The first-order valence-electron chi connectivity index (χ1n) is 10.00. The first-order chi connectivity index (χ1) is 15.0. The number of hydrogen-bond acceptors (Lipinski definition) is 4. The van der Waals surface area contributed by atoms with Crippen molar-refractivity contribution in [2.45, 2.75) is 33.4 Å². The molecule has 0 aliphatic heterocycles. The van der Waals surface area contributed by atoms with Crippen molar-refractivity contribution < 1.29 is 18.0 Å². The van der Waals surface area contributed by atoms with Gasteiger partial charge in [-0.2, -0.15) is 0 Å². The molecule has 7 nitrogen and oxygen atoms in total. The van der Waals surface area contributed by atoms with E-state index in [0.29, 0.717) is 6.54 Å². The Morgan fingerprint density at radius 3 is 2.38 bits per heavy atom. The second kappa shape index (κ2) is 11.0. The number of benzene rings is 2. The molecule has 0 saturated heterocycles. The Kier molecular flexibility index (Phi) is 8.95. The van der Waals surface area contributed by atoms with Gasteiger partial charge >= 0.3 is 0 Å². The van der Waals surface area contributed by atoms with Crippen LogP contribution in [0, 0.1) is 6.92 Å². The van der Waals surface area contributed by atoms with Gasteiger partial charge in [0, 0.05) is 13.1 Å². The number of carbonyl (C=O) groups is 2. The molecule has 0 aromatic heterocycles. The Hall–Kier alpha value is -2.29. The number of sulfonamides is 1. The minimum atomic E-state index is -3.88. The lowest BCUT2D eigenvalue weighted by Crippen LogP contribution is -2.51. The second-order valence-electron chi connectivity index (χ2n) is 7.42. The summed E-state index contributed by atoms with van der Waals surface area (Å²) in [6.45, 7) is 5.33. The van der Waals surface area contributed by atoms with Gasteiger partial charge in [-0.3, -0.25) is 13.9 Å². The minimum absolute atomic E-state index is 0.0226. The molecule has 0 aliphatic rings. The van der Waals surface area contributed by atoms with Crippen molar-refractivity contribution >= 4 is 50.7 Å². The highest BCUT2D eigenvalue weighted by atomic mass is 35.5. The molecule has 0 spiro atoms. The molecule has 2 rings (SSSR count). The van der Waals surface area contributed by atoms with E-state index in [9.17, 15) is 18.0 Å². The van der Waals surface area contributed by atoms with E-state index in [4.69, 9.17) is 23.2 Å². The third kappa shape index (κ3) is 6.60. The summed E-state index contributed by atoms with van der Waals surface area (Å²) in [7, 11) is -3.88. The van der Waals surface area contributed by atoms with Crippen LogP contribution in [0.3, 0.4) is 0 Å². The molecule has 0 bridgehead atoms. The third-order valence-electron chi connectivity index (χ3n) is 4.83. The molecule has 0 radical (unpaired) electrons. The zero-order valence-corrected chi connectivity index (χ0v) is 20.8. The number of hydrogen-bond donors (Lipinski definition) is 1. The first-order valence-corrected chi connectivity index (χ1v) is 12.6. The molecular formula is C22H27Cl2N3O4S. The van der Waals surface area contributed by atoms with Gasteiger partial charge in [-0.15, -0.1) is 0 Å². The van der Waals surface area contributed by atoms with Crippen molar-refractivity contribution in [3.05, 3.63) is 63.6 Å². The zero-order valence-electron chi connectivity index (χ0n) is 18.4. The summed E-state index contributed by atoms with van der Waals surface area (Å²) in [6, 6.07) is 11.3. The average Bonchev–Trinajstić information content (AvgIpc) is 2.71. The standard InChI is InChI=1S/C22H27Cl2N3O4S/c1-5-25-22(29)16(3)26(13-17-9-6-8-15(2)12-17)20(28)14-27(32(4,30)31)19-11-7-10-18(23)21(19)24/h6-12,16H,5,13-14H2,1-4H3,(H,25,29). The maximum Gasteiger partial charge on any atom is 0.244 e. The van der Waals surface area contributed by atoms with Crippen LogP contribution in [0.25, 0.3) is 0 Å². The van der Waals surface area contributed by atoms with E-state index >= 15 is 0 Å². The molecule has 1 N–H and O–H groups in total. The summed E-state index contributed by atoms with van der Waals surface area (Å²) in [6.07, 6.45) is 0.982. The van der Waals surface area contributed by atoms with Crippen LogP contribution in [0.15, 0.2) is 42.5 Å². The van der Waals surface area contributed by atoms with Gasteiger partial charge in [0.15, 0.2) is 0 Å². The molecule has 2 aromatic carbocycles. The van der Waals surface area contributed by atoms with E-state index in [-0.39, 0.29) is 28.2 Å². The Bertz CT molecular complexity index is 1090. The average molecular weight is 500 g/mol. The molecule has 0 aliphatic carbocycles. The van der Waals surface area contributed by atoms with Gasteiger partial charge in [0.25, 0.3) is 0 Å². The van der Waals surface area contributed by atoms with Crippen LogP contribution in [0.2, 0.25) is 10.0 Å². The summed E-state index contributed by atoms with van der Waals surface area (Å²) in [4.78, 5) is 27.3. The van der Waals surface area contributed by atoms with Crippen LogP contribution in [0.5, 0.6) is 0 Å². The lowest BCUT2D eigenvalue weighted by Gasteiger charge is -2.31. The van der Waals surface area contributed by atoms with Crippen LogP contribution in [0.1, 0.15) is 25.0 Å². The van der Waals surface area contributed by atoms with Crippen molar-refractivity contribution in [3.63, 3.8) is 0 Å². The summed E-state index contributed by atoms with van der Waals surface area (Å²) in [5, 5.41) is 2.89. The molecule has 0 fully saturated rings. The van der Waals surface area contributed by atoms with Crippen LogP contribution in [-0.4, -0.2) is 50.5 Å². The van der Waals surface area contributed by atoms with Crippen molar-refractivity contribution in [2.24, 2.45) is 0 Å². The molecule has 174 valence electrons. The molecule has 0 heterocycles. The Balaban J connectivity index is 2.43. The van der Waals surface area contributed by atoms with Gasteiger partial charge in [0.1, 0.15) is 12.6 Å². The molecular weight excluding hydrogens is 473 g/mol. The number of nitrogens with one attached hydrogen (secondary N) is 1. The number of aryl methyl sites for hydroxylation is 1. The Labute approximate surface area is 199 Å². The summed E-state index contributed by atoms with van der Waals surface area (Å²) >= 11 is 12.3. The number of nitrogens with zero attached hydrogens (tertiary/aromatic N) is 2. The summed E-state index contributed by atoms with van der Waals surface area (Å²) in [5.74, 6) is -0.882. The van der Waals surface area contributed by atoms with Gasteiger partial charge < -0.3 is 10.2 Å². The topological polar surface area (TPSA) is 86.8 Å². The molecule has 10 heteroatoms. The molecule has 0 saturated carbocycles. The van der Waals surface area contributed by atoms with Gasteiger partial charge in [-0.05, 0) is 38.5 Å². The van der Waals surface area contributed by atoms with E-state index in [2.05, 4.69) is 5.32 Å². The van der Waals surface area contributed by atoms with Crippen LogP contribution >= 0.6 is 23.2 Å². The van der Waals surface area contributed by atoms with Gasteiger partial charge in [-0.1, -0.05) is 59.1 Å². The number of anilines is 1. The molecule has 2 amide bonds. The number of carbonyl (C=O) groups excluding carboxylic acids is 2. The Morgan fingerprint density at radius 1 is 1.12 bits per heavy atom. The molecule has 2 aromatic rings. The second-order valence-corrected chi connectivity index (χ2v) is 10.1. The van der Waals surface area contributed by atoms with Crippen molar-refractivity contribution in [2.75, 3.05) is 23.7 Å². The number of rotatable bonds is 9. The van der Waals surface area contributed by atoms with Crippen molar-refractivity contribution in [3.8, 4) is 0 Å². The number of halogens is 2. The Morgan fingerprint density at radius 2 is 1.78 bits per heavy atom. The lowest BCUT2D eigenvalue weighted by molar-refractivity contribution is -0.139. The van der Waals surface area contributed by atoms with Gasteiger partial charge in [0.05, 0.1) is 22.0 Å². The van der Waals surface area contributed by atoms with Gasteiger partial charge in [0.2, 0.25) is 21.8 Å². The molecule has 1 unspecified atom stereocenters. The SMILES string of the molecule is CCNC(=O)C(C)N(Cc1cccc(C)c1)C(=O)CN(c1cccc(Cl)c1Cl)S(C)(=O)=O. The minimum Gasteiger partial charge on any atom is -0.355 e. The smallest absolute Gasteiger partial charge is 0.244 e. The number of amides is 2. The quantitative estimate of drug-likeness (QED) is 0.570. The van der Waals surface area contributed by atoms with E-state index in [1.807, 2.05) is 31.2 Å². The molecule has 1 atom stereocenters. The monoisotopic (exact) mass is 499 g/mol. The molecule has 32 heavy (non-hydrogen) atoms. The van der Waals surface area contributed by atoms with Crippen LogP contribution in [-0.2, 0) is 26.2 Å². The predicted octanol–water partition coefficient (Wildman–Crippen LogP) is 3.62.